The average Bonchev–Trinajstić information content (AvgIpc) is 2.61. The van der Waals surface area contributed by atoms with Gasteiger partial charge in [-0.25, -0.2) is 9.59 Å². The minimum atomic E-state index is -0.605. The first-order chi connectivity index (χ1) is 11.9. The van der Waals surface area contributed by atoms with Crippen LogP contribution in [0.4, 0.5) is 5.69 Å². The van der Waals surface area contributed by atoms with E-state index in [1.807, 2.05) is 4.90 Å². The quantitative estimate of drug-likeness (QED) is 0.728. The molecule has 0 aliphatic carbocycles. The molecule has 8 nitrogen and oxygen atoms in total. The van der Waals surface area contributed by atoms with Crippen LogP contribution in [0.5, 0.6) is 0 Å². The van der Waals surface area contributed by atoms with E-state index in [1.165, 1.54) is 32.4 Å². The zero-order chi connectivity index (χ0) is 18.4. The molecule has 1 amide bonds. The average molecular weight is 386 g/mol. The molecule has 2 rings (SSSR count). The normalized spacial score (nSPS) is 14.9. The third-order valence-corrected chi connectivity index (χ3v) is 4.06. The summed E-state index contributed by atoms with van der Waals surface area (Å²) in [6.07, 6.45) is 1.72. The number of anilines is 1. The number of amides is 1. The molecule has 3 N–H and O–H groups in total. The summed E-state index contributed by atoms with van der Waals surface area (Å²) in [5.74, 6) is -1.44. The fourth-order valence-corrected chi connectivity index (χ4v) is 2.69. The Hall–Kier alpha value is -2.16. The van der Waals surface area contributed by atoms with E-state index in [9.17, 15) is 14.4 Å². The number of piperidine rings is 1. The smallest absolute Gasteiger partial charge is 0.337 e. The number of likely N-dealkylation sites (tertiary alicyclic amines) is 1. The summed E-state index contributed by atoms with van der Waals surface area (Å²) in [6, 6.07) is 4.47. The van der Waals surface area contributed by atoms with Crippen molar-refractivity contribution in [3.05, 3.63) is 29.3 Å². The molecule has 9 heteroatoms. The molecule has 0 atom stereocenters. The topological polar surface area (TPSA) is 111 Å². The molecule has 0 bridgehead atoms. The van der Waals surface area contributed by atoms with Crippen molar-refractivity contribution >= 4 is 35.9 Å². The van der Waals surface area contributed by atoms with E-state index in [0.717, 1.165) is 25.9 Å². The van der Waals surface area contributed by atoms with Crippen LogP contribution in [0.3, 0.4) is 0 Å². The highest BCUT2D eigenvalue weighted by molar-refractivity contribution is 5.99. The number of carbonyl (C=O) groups is 3. The Morgan fingerprint density at radius 3 is 2.04 bits per heavy atom. The third kappa shape index (κ3) is 5.98. The number of ether oxygens (including phenoxy) is 2. The molecule has 1 aliphatic rings. The third-order valence-electron chi connectivity index (χ3n) is 4.06. The molecule has 0 saturated carbocycles. The number of hydrogen-bond acceptors (Lipinski definition) is 7. The van der Waals surface area contributed by atoms with Crippen LogP contribution in [-0.4, -0.2) is 62.6 Å². The lowest BCUT2D eigenvalue weighted by molar-refractivity contribution is -0.117. The van der Waals surface area contributed by atoms with Crippen LogP contribution < -0.4 is 11.1 Å². The van der Waals surface area contributed by atoms with E-state index in [4.69, 9.17) is 5.73 Å². The van der Waals surface area contributed by atoms with Crippen molar-refractivity contribution in [1.82, 2.24) is 4.90 Å². The van der Waals surface area contributed by atoms with Gasteiger partial charge in [0.2, 0.25) is 5.91 Å². The summed E-state index contributed by atoms with van der Waals surface area (Å²) in [7, 11) is 2.49. The number of nitrogens with one attached hydrogen (secondary N) is 1. The molecule has 1 aliphatic heterocycles. The molecule has 1 aromatic carbocycles. The molecule has 144 valence electrons. The number of halogens is 1. The second-order valence-electron chi connectivity index (χ2n) is 5.94. The molecule has 0 unspecified atom stereocenters. The number of esters is 2. The van der Waals surface area contributed by atoms with Gasteiger partial charge in [-0.15, -0.1) is 12.4 Å². The van der Waals surface area contributed by atoms with Crippen molar-refractivity contribution in [3.63, 3.8) is 0 Å². The van der Waals surface area contributed by atoms with Crippen LogP contribution >= 0.6 is 12.4 Å². The van der Waals surface area contributed by atoms with E-state index in [2.05, 4.69) is 14.8 Å². The lowest BCUT2D eigenvalue weighted by Gasteiger charge is -2.29. The molecule has 0 spiro atoms. The Kier molecular flexibility index (Phi) is 8.50. The fraction of sp³-hybridized carbons (Fsp3) is 0.471. The van der Waals surface area contributed by atoms with Gasteiger partial charge >= 0.3 is 11.9 Å². The van der Waals surface area contributed by atoms with E-state index >= 15 is 0 Å². The lowest BCUT2D eigenvalue weighted by Crippen LogP contribution is -2.43. The van der Waals surface area contributed by atoms with Crippen LogP contribution in [0.1, 0.15) is 33.6 Å². The summed E-state index contributed by atoms with van der Waals surface area (Å²) in [4.78, 5) is 37.8. The highest BCUT2D eigenvalue weighted by Gasteiger charge is 2.19. The first kappa shape index (κ1) is 21.9. The van der Waals surface area contributed by atoms with Crippen LogP contribution in [-0.2, 0) is 14.3 Å². The van der Waals surface area contributed by atoms with Crippen molar-refractivity contribution in [2.75, 3.05) is 39.2 Å². The second-order valence-corrected chi connectivity index (χ2v) is 5.94. The van der Waals surface area contributed by atoms with Gasteiger partial charge in [-0.3, -0.25) is 9.69 Å². The van der Waals surface area contributed by atoms with Crippen molar-refractivity contribution in [2.45, 2.75) is 18.9 Å². The highest BCUT2D eigenvalue weighted by atomic mass is 35.5. The molecule has 26 heavy (non-hydrogen) atoms. The van der Waals surface area contributed by atoms with Gasteiger partial charge in [0.25, 0.3) is 0 Å². The van der Waals surface area contributed by atoms with Gasteiger partial charge in [0.15, 0.2) is 0 Å². The molecule has 1 fully saturated rings. The van der Waals surface area contributed by atoms with Crippen LogP contribution in [0.2, 0.25) is 0 Å². The summed E-state index contributed by atoms with van der Waals surface area (Å²) in [5, 5.41) is 2.71. The van der Waals surface area contributed by atoms with E-state index in [1.54, 1.807) is 0 Å². The van der Waals surface area contributed by atoms with Crippen LogP contribution in [0.25, 0.3) is 0 Å². The Bertz CT molecular complexity index is 626. The Balaban J connectivity index is 0.00000338. The number of nitrogens with zero attached hydrogens (tertiary/aromatic N) is 1. The minimum Gasteiger partial charge on any atom is -0.465 e. The van der Waals surface area contributed by atoms with Crippen LogP contribution in [0.15, 0.2) is 18.2 Å². The SMILES string of the molecule is COC(=O)c1cc(NC(=O)CN2CCC(N)CC2)cc(C(=O)OC)c1.Cl. The predicted octanol–water partition coefficient (Wildman–Crippen LogP) is 1.04. The molecule has 1 aromatic rings. The van der Waals surface area contributed by atoms with Crippen molar-refractivity contribution in [1.29, 1.82) is 0 Å². The van der Waals surface area contributed by atoms with E-state index in [0.29, 0.717) is 5.69 Å². The summed E-state index contributed by atoms with van der Waals surface area (Å²) >= 11 is 0. The Morgan fingerprint density at radius 2 is 1.58 bits per heavy atom. The molecule has 1 saturated heterocycles. The molecule has 0 radical (unpaired) electrons. The van der Waals surface area contributed by atoms with E-state index in [-0.39, 0.29) is 42.0 Å². The van der Waals surface area contributed by atoms with E-state index < -0.39 is 11.9 Å². The van der Waals surface area contributed by atoms with Gasteiger partial charge in [-0.05, 0) is 31.0 Å². The molecular weight excluding hydrogens is 362 g/mol. The van der Waals surface area contributed by atoms with Gasteiger partial charge in [0, 0.05) is 24.8 Å². The fourth-order valence-electron chi connectivity index (χ4n) is 2.69. The van der Waals surface area contributed by atoms with Crippen molar-refractivity contribution < 1.29 is 23.9 Å². The standard InChI is InChI=1S/C17H23N3O5.ClH/c1-24-16(22)11-7-12(17(23)25-2)9-14(8-11)19-15(21)10-20-5-3-13(18)4-6-20;/h7-9,13H,3-6,10,18H2,1-2H3,(H,19,21);1H. The summed E-state index contributed by atoms with van der Waals surface area (Å²) in [6.45, 7) is 1.76. The second kappa shape index (κ2) is 10.1. The molecular formula is C17H24ClN3O5. The zero-order valence-electron chi connectivity index (χ0n) is 14.8. The van der Waals surface area contributed by atoms with Crippen LogP contribution in [0, 0.1) is 0 Å². The van der Waals surface area contributed by atoms with Gasteiger partial charge < -0.3 is 20.5 Å². The Labute approximate surface area is 158 Å². The number of carbonyl (C=O) groups excluding carboxylic acids is 3. The Morgan fingerprint density at radius 1 is 1.08 bits per heavy atom. The first-order valence-electron chi connectivity index (χ1n) is 8.02. The minimum absolute atomic E-state index is 0. The number of hydrogen-bond donors (Lipinski definition) is 2. The number of nitrogens with two attached hydrogens (primary N) is 1. The summed E-state index contributed by atoms with van der Waals surface area (Å²) < 4.78 is 9.34. The molecule has 1 heterocycles. The first-order valence-corrected chi connectivity index (χ1v) is 8.02. The zero-order valence-corrected chi connectivity index (χ0v) is 15.6. The number of methoxy groups -OCH3 is 2. The molecule has 0 aromatic heterocycles. The monoisotopic (exact) mass is 385 g/mol. The number of benzene rings is 1. The maximum absolute atomic E-state index is 12.2. The van der Waals surface area contributed by atoms with Gasteiger partial charge in [0.05, 0.1) is 31.9 Å². The number of rotatable bonds is 5. The van der Waals surface area contributed by atoms with Gasteiger partial charge in [0.1, 0.15) is 0 Å². The maximum Gasteiger partial charge on any atom is 0.337 e. The van der Waals surface area contributed by atoms with Gasteiger partial charge in [-0.2, -0.15) is 0 Å². The predicted molar refractivity (Wildman–Crippen MR) is 98.6 cm³/mol. The largest absolute Gasteiger partial charge is 0.465 e. The van der Waals surface area contributed by atoms with Gasteiger partial charge in [-0.1, -0.05) is 0 Å². The van der Waals surface area contributed by atoms with Crippen molar-refractivity contribution in [2.24, 2.45) is 5.73 Å². The lowest BCUT2D eigenvalue weighted by atomic mass is 10.1. The van der Waals surface area contributed by atoms with Crippen molar-refractivity contribution in [3.8, 4) is 0 Å². The maximum atomic E-state index is 12.2. The highest BCUT2D eigenvalue weighted by Crippen LogP contribution is 2.17. The summed E-state index contributed by atoms with van der Waals surface area (Å²) in [5.41, 5.74) is 6.50.